The zero-order chi connectivity index (χ0) is 17.6. The van der Waals surface area contributed by atoms with Gasteiger partial charge in [0.1, 0.15) is 6.54 Å². The maximum Gasteiger partial charge on any atom is 0.250 e. The number of methoxy groups -OCH3 is 1. The highest BCUT2D eigenvalue weighted by Crippen LogP contribution is 2.24. The number of nitrogens with zero attached hydrogens (tertiary/aromatic N) is 2. The Hall–Kier alpha value is -2.40. The average Bonchev–Trinajstić information content (AvgIpc) is 2.64. The molecule has 0 unspecified atom stereocenters. The van der Waals surface area contributed by atoms with Crippen LogP contribution >= 0.6 is 0 Å². The van der Waals surface area contributed by atoms with E-state index < -0.39 is 0 Å². The van der Waals surface area contributed by atoms with Gasteiger partial charge in [-0.25, -0.2) is 0 Å². The number of carbonyl (C=O) groups is 1. The van der Waals surface area contributed by atoms with Gasteiger partial charge in [-0.3, -0.25) is 9.59 Å². The van der Waals surface area contributed by atoms with E-state index in [4.69, 9.17) is 4.74 Å². The molecule has 0 saturated carbocycles. The lowest BCUT2D eigenvalue weighted by atomic mass is 9.88. The minimum absolute atomic E-state index is 0.0130. The number of benzene rings is 1. The van der Waals surface area contributed by atoms with Crippen molar-refractivity contribution in [1.82, 2.24) is 9.47 Å². The zero-order valence-electron chi connectivity index (χ0n) is 14.5. The fraction of sp³-hybridized carbons (Fsp3) is 0.400. The third kappa shape index (κ3) is 4.37. The summed E-state index contributed by atoms with van der Waals surface area (Å²) in [6.45, 7) is 1.42. The van der Waals surface area contributed by atoms with Crippen LogP contribution in [0.15, 0.2) is 59.5 Å². The van der Waals surface area contributed by atoms with Crippen molar-refractivity contribution in [1.29, 1.82) is 0 Å². The van der Waals surface area contributed by atoms with Crippen molar-refractivity contribution in [3.8, 4) is 0 Å². The number of likely N-dealkylation sites (tertiary alicyclic amines) is 1. The highest BCUT2D eigenvalue weighted by Gasteiger charge is 2.31. The van der Waals surface area contributed by atoms with E-state index in [2.05, 4.69) is 12.1 Å². The number of rotatable bonds is 5. The van der Waals surface area contributed by atoms with Crippen LogP contribution in [-0.2, 0) is 22.5 Å². The number of amides is 1. The summed E-state index contributed by atoms with van der Waals surface area (Å²) in [6.07, 6.45) is 3.52. The minimum Gasteiger partial charge on any atom is -0.381 e. The Morgan fingerprint density at radius 3 is 2.64 bits per heavy atom. The normalized spacial score (nSPS) is 20.4. The maximum absolute atomic E-state index is 12.6. The van der Waals surface area contributed by atoms with Gasteiger partial charge in [-0.05, 0) is 24.5 Å². The Bertz CT molecular complexity index is 757. The monoisotopic (exact) mass is 340 g/mol. The number of carbonyl (C=O) groups excluding carboxylic acids is 1. The summed E-state index contributed by atoms with van der Waals surface area (Å²) < 4.78 is 7.10. The van der Waals surface area contributed by atoms with Crippen LogP contribution in [-0.4, -0.2) is 41.7 Å². The SMILES string of the molecule is CO[C@H]1CCN(C(=O)Cn2ccccc2=O)C[C@H]1Cc1ccccc1. The molecule has 25 heavy (non-hydrogen) atoms. The van der Waals surface area contributed by atoms with Crippen LogP contribution in [0.3, 0.4) is 0 Å². The molecule has 0 N–H and O–H groups in total. The molecule has 1 aliphatic rings. The van der Waals surface area contributed by atoms with Crippen molar-refractivity contribution < 1.29 is 9.53 Å². The predicted octanol–water partition coefficient (Wildman–Crippen LogP) is 1.95. The Labute approximate surface area is 147 Å². The molecule has 3 rings (SSSR count). The molecular formula is C20H24N2O3. The van der Waals surface area contributed by atoms with E-state index in [-0.39, 0.29) is 30.0 Å². The van der Waals surface area contributed by atoms with Crippen LogP contribution in [0.5, 0.6) is 0 Å². The van der Waals surface area contributed by atoms with E-state index in [9.17, 15) is 9.59 Å². The van der Waals surface area contributed by atoms with E-state index in [1.807, 2.05) is 23.1 Å². The topological polar surface area (TPSA) is 51.5 Å². The van der Waals surface area contributed by atoms with Crippen LogP contribution in [0.4, 0.5) is 0 Å². The first-order valence-corrected chi connectivity index (χ1v) is 8.67. The molecule has 1 aromatic carbocycles. The van der Waals surface area contributed by atoms with E-state index in [0.29, 0.717) is 13.1 Å². The zero-order valence-corrected chi connectivity index (χ0v) is 14.5. The molecule has 1 saturated heterocycles. The third-order valence-electron chi connectivity index (χ3n) is 4.86. The van der Waals surface area contributed by atoms with E-state index in [1.54, 1.807) is 25.4 Å². The second-order valence-electron chi connectivity index (χ2n) is 6.52. The standard InChI is InChI=1S/C20H24N2O3/c1-25-18-10-12-22(14-17(18)13-16-7-3-2-4-8-16)20(24)15-21-11-6-5-9-19(21)23/h2-9,11,17-18H,10,12-15H2,1H3/t17-,18+/m1/s1. The quantitative estimate of drug-likeness (QED) is 0.836. The molecule has 2 heterocycles. The largest absolute Gasteiger partial charge is 0.381 e. The predicted molar refractivity (Wildman–Crippen MR) is 96.3 cm³/mol. The van der Waals surface area contributed by atoms with E-state index in [1.165, 1.54) is 16.2 Å². The molecule has 0 radical (unpaired) electrons. The van der Waals surface area contributed by atoms with Gasteiger partial charge in [-0.2, -0.15) is 0 Å². The van der Waals surface area contributed by atoms with Gasteiger partial charge in [0.25, 0.3) is 5.56 Å². The minimum atomic E-state index is -0.150. The summed E-state index contributed by atoms with van der Waals surface area (Å²) in [4.78, 5) is 26.3. The first kappa shape index (κ1) is 17.4. The van der Waals surface area contributed by atoms with Crippen LogP contribution < -0.4 is 5.56 Å². The molecule has 0 bridgehead atoms. The first-order valence-electron chi connectivity index (χ1n) is 8.67. The van der Waals surface area contributed by atoms with Crippen molar-refractivity contribution in [3.63, 3.8) is 0 Å². The maximum atomic E-state index is 12.6. The highest BCUT2D eigenvalue weighted by molar-refractivity contribution is 5.76. The van der Waals surface area contributed by atoms with E-state index in [0.717, 1.165) is 12.8 Å². The molecule has 1 amide bonds. The molecule has 5 nitrogen and oxygen atoms in total. The lowest BCUT2D eigenvalue weighted by Gasteiger charge is -2.38. The van der Waals surface area contributed by atoms with Gasteiger partial charge in [0.2, 0.25) is 5.91 Å². The molecule has 1 aromatic heterocycles. The fourth-order valence-electron chi connectivity index (χ4n) is 3.50. The Kier molecular flexibility index (Phi) is 5.66. The second-order valence-corrected chi connectivity index (χ2v) is 6.52. The van der Waals surface area contributed by atoms with Gasteiger partial charge in [-0.15, -0.1) is 0 Å². The number of hydrogen-bond donors (Lipinski definition) is 0. The molecule has 132 valence electrons. The van der Waals surface area contributed by atoms with E-state index >= 15 is 0 Å². The van der Waals surface area contributed by atoms with Gasteiger partial charge in [-0.1, -0.05) is 36.4 Å². The number of ether oxygens (including phenoxy) is 1. The molecule has 2 atom stereocenters. The number of aromatic nitrogens is 1. The van der Waals surface area contributed by atoms with Crippen LogP contribution in [0.25, 0.3) is 0 Å². The van der Waals surface area contributed by atoms with Gasteiger partial charge in [0.05, 0.1) is 6.10 Å². The van der Waals surface area contributed by atoms with Gasteiger partial charge >= 0.3 is 0 Å². The number of hydrogen-bond acceptors (Lipinski definition) is 3. The van der Waals surface area contributed by atoms with Gasteiger partial charge in [0, 0.05) is 38.4 Å². The Balaban J connectivity index is 1.67. The average molecular weight is 340 g/mol. The summed E-state index contributed by atoms with van der Waals surface area (Å²) in [5, 5.41) is 0. The highest BCUT2D eigenvalue weighted by atomic mass is 16.5. The molecule has 1 aliphatic heterocycles. The molecule has 0 aliphatic carbocycles. The summed E-state index contributed by atoms with van der Waals surface area (Å²) in [7, 11) is 1.74. The summed E-state index contributed by atoms with van der Waals surface area (Å²) in [5.41, 5.74) is 1.10. The van der Waals surface area contributed by atoms with Crippen LogP contribution in [0, 0.1) is 5.92 Å². The second kappa shape index (κ2) is 8.12. The fourth-order valence-corrected chi connectivity index (χ4v) is 3.50. The van der Waals surface area contributed by atoms with Crippen LogP contribution in [0.1, 0.15) is 12.0 Å². The summed E-state index contributed by atoms with van der Waals surface area (Å²) in [5.74, 6) is 0.249. The Morgan fingerprint density at radius 1 is 1.16 bits per heavy atom. The smallest absolute Gasteiger partial charge is 0.250 e. The molecule has 1 fully saturated rings. The van der Waals surface area contributed by atoms with Crippen molar-refractivity contribution in [2.75, 3.05) is 20.2 Å². The van der Waals surface area contributed by atoms with Gasteiger partial charge in [0.15, 0.2) is 0 Å². The molecule has 0 spiro atoms. The third-order valence-corrected chi connectivity index (χ3v) is 4.86. The molecular weight excluding hydrogens is 316 g/mol. The summed E-state index contributed by atoms with van der Waals surface area (Å²) >= 11 is 0. The Morgan fingerprint density at radius 2 is 1.92 bits per heavy atom. The van der Waals surface area contributed by atoms with Crippen LogP contribution in [0.2, 0.25) is 0 Å². The molecule has 5 heteroatoms. The van der Waals surface area contributed by atoms with Crippen molar-refractivity contribution in [2.24, 2.45) is 5.92 Å². The van der Waals surface area contributed by atoms with Crippen molar-refractivity contribution in [3.05, 3.63) is 70.6 Å². The number of piperidine rings is 1. The lowest BCUT2D eigenvalue weighted by Crippen LogP contribution is -2.48. The van der Waals surface area contributed by atoms with Crippen molar-refractivity contribution >= 4 is 5.91 Å². The molecule has 2 aromatic rings. The summed E-state index contributed by atoms with van der Waals surface area (Å²) in [6, 6.07) is 15.2. The number of pyridine rings is 1. The first-order chi connectivity index (χ1) is 12.2. The van der Waals surface area contributed by atoms with Gasteiger partial charge < -0.3 is 14.2 Å². The van der Waals surface area contributed by atoms with Crippen molar-refractivity contribution in [2.45, 2.75) is 25.5 Å². The lowest BCUT2D eigenvalue weighted by molar-refractivity contribution is -0.136.